The third-order valence-corrected chi connectivity index (χ3v) is 3.99. The van der Waals surface area contributed by atoms with Crippen LogP contribution in [0, 0.1) is 0 Å². The summed E-state index contributed by atoms with van der Waals surface area (Å²) in [6.45, 7) is 2.08. The number of rotatable bonds is 7. The van der Waals surface area contributed by atoms with Crippen molar-refractivity contribution in [2.24, 2.45) is 0 Å². The number of hydrogen-bond acceptors (Lipinski definition) is 1. The molecule has 1 fully saturated rings. The van der Waals surface area contributed by atoms with Gasteiger partial charge in [-0.25, -0.2) is 0 Å². The summed E-state index contributed by atoms with van der Waals surface area (Å²) in [6.07, 6.45) is 5.13. The quantitative estimate of drug-likeness (QED) is 0.737. The van der Waals surface area contributed by atoms with Crippen LogP contribution in [0.4, 0.5) is 0 Å². The van der Waals surface area contributed by atoms with Crippen molar-refractivity contribution < 1.29 is 0 Å². The van der Waals surface area contributed by atoms with E-state index in [1.165, 1.54) is 36.0 Å². The third kappa shape index (κ3) is 3.94. The number of aryl methyl sites for hydroxylation is 1. The molecule has 104 valence electrons. The molecule has 0 amide bonds. The van der Waals surface area contributed by atoms with E-state index in [2.05, 4.69) is 59.9 Å². The Morgan fingerprint density at radius 1 is 0.900 bits per heavy atom. The van der Waals surface area contributed by atoms with E-state index in [-0.39, 0.29) is 0 Å². The van der Waals surface area contributed by atoms with Gasteiger partial charge in [0.25, 0.3) is 0 Å². The molecule has 0 aliphatic heterocycles. The van der Waals surface area contributed by atoms with Crippen molar-refractivity contribution in [3.8, 4) is 0 Å². The monoisotopic (exact) mass is 265 g/mol. The van der Waals surface area contributed by atoms with Crippen molar-refractivity contribution in [2.45, 2.75) is 38.1 Å². The second kappa shape index (κ2) is 6.71. The van der Waals surface area contributed by atoms with Crippen LogP contribution in [0.3, 0.4) is 0 Å². The van der Waals surface area contributed by atoms with Gasteiger partial charge in [0.2, 0.25) is 0 Å². The standard InChI is InChI=1S/C19H23N/c1-2-6-16(7-3-1)9-5-13-20-15-17-8-4-10-19(14-17)18-11-12-18/h1-4,6-8,10,14,18,20H,5,9,11-13,15H2. The number of nitrogens with one attached hydrogen (secondary N) is 1. The summed E-state index contributed by atoms with van der Waals surface area (Å²) in [5.74, 6) is 0.855. The molecule has 0 atom stereocenters. The average molecular weight is 265 g/mol. The van der Waals surface area contributed by atoms with Crippen LogP contribution in [0.5, 0.6) is 0 Å². The predicted octanol–water partition coefficient (Wildman–Crippen LogP) is 4.29. The van der Waals surface area contributed by atoms with Crippen LogP contribution in [-0.2, 0) is 13.0 Å². The van der Waals surface area contributed by atoms with Crippen LogP contribution in [0.15, 0.2) is 54.6 Å². The van der Waals surface area contributed by atoms with E-state index < -0.39 is 0 Å². The highest BCUT2D eigenvalue weighted by Crippen LogP contribution is 2.40. The summed E-state index contributed by atoms with van der Waals surface area (Å²) in [4.78, 5) is 0. The van der Waals surface area contributed by atoms with E-state index in [9.17, 15) is 0 Å². The Labute approximate surface area is 122 Å². The molecular weight excluding hydrogens is 242 g/mol. The van der Waals surface area contributed by atoms with Crippen LogP contribution in [-0.4, -0.2) is 6.54 Å². The van der Waals surface area contributed by atoms with Gasteiger partial charge in [0, 0.05) is 6.54 Å². The molecule has 0 radical (unpaired) electrons. The minimum absolute atomic E-state index is 0.855. The third-order valence-electron chi connectivity index (χ3n) is 3.99. The zero-order valence-electron chi connectivity index (χ0n) is 12.0. The molecule has 20 heavy (non-hydrogen) atoms. The fourth-order valence-corrected chi connectivity index (χ4v) is 2.67. The lowest BCUT2D eigenvalue weighted by molar-refractivity contribution is 0.649. The molecule has 2 aromatic carbocycles. The molecule has 2 aromatic rings. The van der Waals surface area contributed by atoms with Gasteiger partial charge >= 0.3 is 0 Å². The molecule has 0 heterocycles. The highest BCUT2D eigenvalue weighted by Gasteiger charge is 2.23. The van der Waals surface area contributed by atoms with Gasteiger partial charge in [-0.05, 0) is 54.8 Å². The summed E-state index contributed by atoms with van der Waals surface area (Å²) < 4.78 is 0. The van der Waals surface area contributed by atoms with Gasteiger partial charge in [0.15, 0.2) is 0 Å². The fourth-order valence-electron chi connectivity index (χ4n) is 2.67. The van der Waals surface area contributed by atoms with Crippen LogP contribution >= 0.6 is 0 Å². The molecule has 0 unspecified atom stereocenters. The summed E-state index contributed by atoms with van der Waals surface area (Å²) in [5, 5.41) is 3.56. The summed E-state index contributed by atoms with van der Waals surface area (Å²) in [6, 6.07) is 19.8. The summed E-state index contributed by atoms with van der Waals surface area (Å²) in [5.41, 5.74) is 4.40. The first-order chi connectivity index (χ1) is 9.92. The summed E-state index contributed by atoms with van der Waals surface area (Å²) in [7, 11) is 0. The molecule has 1 aliphatic carbocycles. The topological polar surface area (TPSA) is 12.0 Å². The maximum Gasteiger partial charge on any atom is 0.0205 e. The Balaban J connectivity index is 1.38. The first-order valence-electron chi connectivity index (χ1n) is 7.75. The smallest absolute Gasteiger partial charge is 0.0205 e. The molecular formula is C19H23N. The van der Waals surface area contributed by atoms with Crippen molar-refractivity contribution in [1.82, 2.24) is 5.32 Å². The maximum atomic E-state index is 3.56. The normalized spacial score (nSPS) is 14.4. The molecule has 3 rings (SSSR count). The second-order valence-electron chi connectivity index (χ2n) is 5.79. The fraction of sp³-hybridized carbons (Fsp3) is 0.368. The minimum atomic E-state index is 0.855. The SMILES string of the molecule is c1ccc(CCCNCc2cccc(C3CC3)c2)cc1. The highest BCUT2D eigenvalue weighted by atomic mass is 14.8. The van der Waals surface area contributed by atoms with Crippen molar-refractivity contribution in [3.05, 3.63) is 71.3 Å². The van der Waals surface area contributed by atoms with E-state index in [0.717, 1.165) is 25.4 Å². The molecule has 0 saturated heterocycles. The Morgan fingerprint density at radius 2 is 1.70 bits per heavy atom. The van der Waals surface area contributed by atoms with Gasteiger partial charge in [-0.3, -0.25) is 0 Å². The van der Waals surface area contributed by atoms with Gasteiger partial charge in [-0.1, -0.05) is 54.6 Å². The molecule has 1 nitrogen and oxygen atoms in total. The Bertz CT molecular complexity index is 528. The second-order valence-corrected chi connectivity index (χ2v) is 5.79. The van der Waals surface area contributed by atoms with Gasteiger partial charge in [0.1, 0.15) is 0 Å². The van der Waals surface area contributed by atoms with Crippen LogP contribution in [0.25, 0.3) is 0 Å². The van der Waals surface area contributed by atoms with E-state index in [4.69, 9.17) is 0 Å². The van der Waals surface area contributed by atoms with Crippen molar-refractivity contribution in [3.63, 3.8) is 0 Å². The predicted molar refractivity (Wildman–Crippen MR) is 84.9 cm³/mol. The van der Waals surface area contributed by atoms with Crippen LogP contribution in [0.1, 0.15) is 41.9 Å². The van der Waals surface area contributed by atoms with Gasteiger partial charge in [0.05, 0.1) is 0 Å². The first kappa shape index (κ1) is 13.4. The zero-order valence-corrected chi connectivity index (χ0v) is 12.0. The maximum absolute atomic E-state index is 3.56. The Kier molecular flexibility index (Phi) is 4.49. The van der Waals surface area contributed by atoms with Crippen LogP contribution < -0.4 is 5.32 Å². The lowest BCUT2D eigenvalue weighted by Crippen LogP contribution is -2.15. The molecule has 1 saturated carbocycles. The lowest BCUT2D eigenvalue weighted by atomic mass is 10.1. The van der Waals surface area contributed by atoms with Crippen molar-refractivity contribution in [1.29, 1.82) is 0 Å². The molecule has 1 N–H and O–H groups in total. The largest absolute Gasteiger partial charge is 0.313 e. The van der Waals surface area contributed by atoms with E-state index in [1.54, 1.807) is 0 Å². The molecule has 0 aromatic heterocycles. The van der Waals surface area contributed by atoms with E-state index >= 15 is 0 Å². The molecule has 0 spiro atoms. The van der Waals surface area contributed by atoms with Crippen molar-refractivity contribution >= 4 is 0 Å². The van der Waals surface area contributed by atoms with E-state index in [0.29, 0.717) is 0 Å². The summed E-state index contributed by atoms with van der Waals surface area (Å²) >= 11 is 0. The Morgan fingerprint density at radius 3 is 2.50 bits per heavy atom. The number of hydrogen-bond donors (Lipinski definition) is 1. The molecule has 1 heteroatoms. The van der Waals surface area contributed by atoms with Crippen LogP contribution in [0.2, 0.25) is 0 Å². The first-order valence-corrected chi connectivity index (χ1v) is 7.75. The van der Waals surface area contributed by atoms with E-state index in [1.807, 2.05) is 0 Å². The average Bonchev–Trinajstić information content (AvgIpc) is 3.33. The molecule has 1 aliphatic rings. The lowest BCUT2D eigenvalue weighted by Gasteiger charge is -2.07. The molecule has 0 bridgehead atoms. The minimum Gasteiger partial charge on any atom is -0.313 e. The van der Waals surface area contributed by atoms with Gasteiger partial charge in [-0.15, -0.1) is 0 Å². The number of benzene rings is 2. The van der Waals surface area contributed by atoms with Gasteiger partial charge in [-0.2, -0.15) is 0 Å². The van der Waals surface area contributed by atoms with Gasteiger partial charge < -0.3 is 5.32 Å². The Hall–Kier alpha value is -1.60. The highest BCUT2D eigenvalue weighted by molar-refractivity contribution is 5.29. The van der Waals surface area contributed by atoms with Crippen molar-refractivity contribution in [2.75, 3.05) is 6.54 Å². The zero-order chi connectivity index (χ0) is 13.6.